The van der Waals surface area contributed by atoms with E-state index in [1.54, 1.807) is 24.5 Å². The summed E-state index contributed by atoms with van der Waals surface area (Å²) in [6.07, 6.45) is 4.82. The molecule has 3 N–H and O–H groups in total. The van der Waals surface area contributed by atoms with Gasteiger partial charge >= 0.3 is 0 Å². The lowest BCUT2D eigenvalue weighted by molar-refractivity contribution is -0.898. The molecule has 8 nitrogen and oxygen atoms in total. The minimum absolute atomic E-state index is 0.00961. The average molecular weight is 604 g/mol. The molecule has 5 rings (SSSR count). The minimum Gasteiger partial charge on any atom is -0.633 e. The summed E-state index contributed by atoms with van der Waals surface area (Å²) < 4.78 is 0.523. The van der Waals surface area contributed by atoms with Gasteiger partial charge in [-0.05, 0) is 24.3 Å². The molecule has 1 aliphatic heterocycles. The van der Waals surface area contributed by atoms with Crippen LogP contribution in [0.25, 0.3) is 11.3 Å². The van der Waals surface area contributed by atoms with Gasteiger partial charge in [0.1, 0.15) is 12.4 Å². The monoisotopic (exact) mass is 602 g/mol. The fraction of sp³-hybridized carbons (Fsp3) is 0.296. The summed E-state index contributed by atoms with van der Waals surface area (Å²) in [4.78, 5) is 24.6. The largest absolute Gasteiger partial charge is 0.633 e. The van der Waals surface area contributed by atoms with Gasteiger partial charge in [0.25, 0.3) is 0 Å². The van der Waals surface area contributed by atoms with E-state index in [0.29, 0.717) is 49.1 Å². The predicted molar refractivity (Wildman–Crippen MR) is 159 cm³/mol. The van der Waals surface area contributed by atoms with Crippen LogP contribution in [0.3, 0.4) is 0 Å². The maximum absolute atomic E-state index is 13.2. The van der Waals surface area contributed by atoms with Crippen molar-refractivity contribution in [2.45, 2.75) is 36.3 Å². The molecule has 4 aromatic rings. The number of likely N-dealkylation sites (tertiary alicyclic amines) is 1. The van der Waals surface area contributed by atoms with Crippen LogP contribution in [0.5, 0.6) is 0 Å². The highest BCUT2D eigenvalue weighted by Gasteiger charge is 2.28. The van der Waals surface area contributed by atoms with Crippen molar-refractivity contribution in [3.8, 4) is 11.3 Å². The third-order valence-corrected chi connectivity index (χ3v) is 9.33. The molecule has 0 unspecified atom stereocenters. The zero-order chi connectivity index (χ0) is 27.2. The summed E-state index contributed by atoms with van der Waals surface area (Å²) >= 11 is 15.0. The van der Waals surface area contributed by atoms with E-state index in [0.717, 1.165) is 32.7 Å². The van der Waals surface area contributed by atoms with Crippen LogP contribution < -0.4 is 10.6 Å². The summed E-state index contributed by atoms with van der Waals surface area (Å²) in [5.74, 6) is 1.12. The number of rotatable bonds is 10. The minimum atomic E-state index is -0.319. The zero-order valence-corrected chi connectivity index (χ0v) is 24.2. The standard InChI is InChI=1S/C27H28Cl2N6O2S2/c28-22-5-4-18(12-23(22)29)15-35(37)10-6-20(7-11-35)33-26(36)17-39-27-34-24(16-38-27)19-2-1-3-21(13-19)32-14-25-30-8-9-31-25/h1-5,8-9,12-13,16,20,32H,6-7,10-11,14-15,17H2,(H,30,31)(H,33,36). The molecule has 1 amide bonds. The van der Waals surface area contributed by atoms with Crippen LogP contribution in [0.2, 0.25) is 10.0 Å². The van der Waals surface area contributed by atoms with Crippen LogP contribution in [0.4, 0.5) is 5.69 Å². The second-order valence-corrected chi connectivity index (χ2v) is 12.4. The Morgan fingerprint density at radius 3 is 2.79 bits per heavy atom. The number of carbonyl (C=O) groups is 1. The molecule has 1 fully saturated rings. The molecule has 0 atom stereocenters. The number of thioether (sulfide) groups is 1. The number of H-pyrrole nitrogens is 1. The number of hydrogen-bond donors (Lipinski definition) is 3. The van der Waals surface area contributed by atoms with Crippen LogP contribution >= 0.6 is 46.3 Å². The van der Waals surface area contributed by atoms with E-state index in [4.69, 9.17) is 28.2 Å². The molecule has 0 spiro atoms. The normalized spacial score (nSPS) is 19.1. The van der Waals surface area contributed by atoms with Crippen molar-refractivity contribution in [1.82, 2.24) is 20.3 Å². The Morgan fingerprint density at radius 2 is 2.03 bits per heavy atom. The van der Waals surface area contributed by atoms with Gasteiger partial charge in [-0.3, -0.25) is 4.79 Å². The van der Waals surface area contributed by atoms with Gasteiger partial charge in [-0.15, -0.1) is 11.3 Å². The number of aromatic amines is 1. The van der Waals surface area contributed by atoms with Gasteiger partial charge in [-0.25, -0.2) is 9.97 Å². The Bertz CT molecular complexity index is 1410. The summed E-state index contributed by atoms with van der Waals surface area (Å²) in [6.45, 7) is 1.85. The maximum atomic E-state index is 13.2. The molecule has 12 heteroatoms. The first-order valence-electron chi connectivity index (χ1n) is 12.6. The van der Waals surface area contributed by atoms with Gasteiger partial charge in [-0.1, -0.05) is 53.2 Å². The highest BCUT2D eigenvalue weighted by atomic mass is 35.5. The van der Waals surface area contributed by atoms with E-state index in [9.17, 15) is 10.0 Å². The molecule has 0 bridgehead atoms. The van der Waals surface area contributed by atoms with E-state index < -0.39 is 0 Å². The SMILES string of the molecule is O=C(CSc1nc(-c2cccc(NCc3ncc[nH]3)c2)cs1)NC1CC[N+]([O-])(Cc2ccc(Cl)c(Cl)c2)CC1. The lowest BCUT2D eigenvalue weighted by atomic mass is 10.0. The van der Waals surface area contributed by atoms with E-state index in [1.165, 1.54) is 23.1 Å². The van der Waals surface area contributed by atoms with E-state index in [2.05, 4.69) is 26.7 Å². The number of piperidine rings is 1. The van der Waals surface area contributed by atoms with Crippen LogP contribution in [0.15, 0.2) is 64.6 Å². The van der Waals surface area contributed by atoms with Crippen molar-refractivity contribution >= 4 is 57.9 Å². The van der Waals surface area contributed by atoms with Gasteiger partial charge in [-0.2, -0.15) is 0 Å². The lowest BCUT2D eigenvalue weighted by Crippen LogP contribution is -2.52. The maximum Gasteiger partial charge on any atom is 0.230 e. The molecule has 0 radical (unpaired) electrons. The molecule has 204 valence electrons. The quantitative estimate of drug-likeness (QED) is 0.111. The van der Waals surface area contributed by atoms with Gasteiger partial charge in [0, 0.05) is 53.5 Å². The number of aromatic nitrogens is 3. The van der Waals surface area contributed by atoms with Crippen molar-refractivity contribution in [3.63, 3.8) is 0 Å². The Kier molecular flexibility index (Phi) is 9.11. The van der Waals surface area contributed by atoms with Gasteiger partial charge in [0.15, 0.2) is 4.34 Å². The van der Waals surface area contributed by atoms with Gasteiger partial charge in [0.05, 0.1) is 41.1 Å². The van der Waals surface area contributed by atoms with Crippen LogP contribution in [0.1, 0.15) is 24.2 Å². The highest BCUT2D eigenvalue weighted by Crippen LogP contribution is 2.30. The molecule has 0 saturated carbocycles. The average Bonchev–Trinajstić information content (AvgIpc) is 3.63. The zero-order valence-electron chi connectivity index (χ0n) is 21.0. The third kappa shape index (κ3) is 7.75. The van der Waals surface area contributed by atoms with Crippen molar-refractivity contribution in [1.29, 1.82) is 0 Å². The molecule has 39 heavy (non-hydrogen) atoms. The molecular weight excluding hydrogens is 575 g/mol. The second kappa shape index (κ2) is 12.7. The molecule has 2 aromatic carbocycles. The number of hydrogen-bond acceptors (Lipinski definition) is 7. The smallest absolute Gasteiger partial charge is 0.230 e. The van der Waals surface area contributed by atoms with Gasteiger partial charge in [0.2, 0.25) is 5.91 Å². The number of anilines is 1. The fourth-order valence-electron chi connectivity index (χ4n) is 4.53. The van der Waals surface area contributed by atoms with Crippen molar-refractivity contribution < 1.29 is 9.44 Å². The number of benzene rings is 2. The van der Waals surface area contributed by atoms with E-state index in [1.807, 2.05) is 29.6 Å². The van der Waals surface area contributed by atoms with Crippen molar-refractivity contribution in [2.24, 2.45) is 0 Å². The van der Waals surface area contributed by atoms with E-state index >= 15 is 0 Å². The first-order chi connectivity index (χ1) is 18.8. The first-order valence-corrected chi connectivity index (χ1v) is 15.2. The van der Waals surface area contributed by atoms with Crippen LogP contribution in [-0.2, 0) is 17.9 Å². The number of nitrogens with zero attached hydrogens (tertiary/aromatic N) is 3. The molecule has 0 aliphatic carbocycles. The Labute approximate surface area is 245 Å². The number of imidazole rings is 1. The predicted octanol–water partition coefficient (Wildman–Crippen LogP) is 6.34. The van der Waals surface area contributed by atoms with E-state index in [-0.39, 0.29) is 22.3 Å². The van der Waals surface area contributed by atoms with Crippen molar-refractivity contribution in [2.75, 3.05) is 24.2 Å². The Balaban J connectivity index is 1.07. The van der Waals surface area contributed by atoms with Crippen LogP contribution in [-0.4, -0.2) is 50.4 Å². The second-order valence-electron chi connectivity index (χ2n) is 9.51. The summed E-state index contributed by atoms with van der Waals surface area (Å²) in [5, 5.41) is 22.6. The summed E-state index contributed by atoms with van der Waals surface area (Å²) in [5.41, 5.74) is 3.74. The number of quaternary nitrogens is 1. The molecular formula is C27H28Cl2N6O2S2. The molecule has 2 aromatic heterocycles. The number of nitrogens with one attached hydrogen (secondary N) is 3. The number of amides is 1. The number of hydroxylamine groups is 3. The fourth-order valence-corrected chi connectivity index (χ4v) is 6.50. The van der Waals surface area contributed by atoms with Crippen molar-refractivity contribution in [3.05, 3.63) is 86.9 Å². The summed E-state index contributed by atoms with van der Waals surface area (Å²) in [6, 6.07) is 13.4. The summed E-state index contributed by atoms with van der Waals surface area (Å²) in [7, 11) is 0. The molecule has 1 saturated heterocycles. The molecule has 3 heterocycles. The Hall–Kier alpha value is -2.60. The van der Waals surface area contributed by atoms with Gasteiger partial charge < -0.3 is 25.5 Å². The highest BCUT2D eigenvalue weighted by molar-refractivity contribution is 8.01. The number of carbonyl (C=O) groups excluding carboxylic acids is 1. The number of halogens is 2. The third-order valence-electron chi connectivity index (χ3n) is 6.57. The topological polar surface area (TPSA) is 106 Å². The first kappa shape index (κ1) is 27.9. The lowest BCUT2D eigenvalue weighted by Gasteiger charge is -2.47. The van der Waals surface area contributed by atoms with Crippen LogP contribution in [0, 0.1) is 5.21 Å². The Morgan fingerprint density at radius 1 is 1.18 bits per heavy atom. The molecule has 1 aliphatic rings. The number of thiazole rings is 1.